The Morgan fingerprint density at radius 1 is 1.20 bits per heavy atom. The minimum absolute atomic E-state index is 0.0888. The molecule has 1 aromatic rings. The molecule has 0 radical (unpaired) electrons. The van der Waals surface area contributed by atoms with E-state index in [1.807, 2.05) is 36.2 Å². The third kappa shape index (κ3) is 2.08. The number of aliphatic carboxylic acids is 1. The second-order valence-electron chi connectivity index (χ2n) is 5.72. The van der Waals surface area contributed by atoms with Crippen LogP contribution in [-0.4, -0.2) is 48.6 Å². The molecule has 1 saturated carbocycles. The van der Waals surface area contributed by atoms with Gasteiger partial charge in [-0.2, -0.15) is 0 Å². The number of likely N-dealkylation sites (N-methyl/N-ethyl adjacent to an activating group) is 1. The number of anilines is 1. The molecule has 1 aromatic carbocycles. The molecule has 2 fully saturated rings. The lowest BCUT2D eigenvalue weighted by molar-refractivity contribution is -0.140. The fourth-order valence-corrected chi connectivity index (χ4v) is 2.78. The highest BCUT2D eigenvalue weighted by molar-refractivity contribution is 5.95. The van der Waals surface area contributed by atoms with E-state index >= 15 is 0 Å². The lowest BCUT2D eigenvalue weighted by Crippen LogP contribution is -2.48. The molecule has 1 aliphatic carbocycles. The average molecular weight is 274 g/mol. The number of carboxylic acids is 1. The highest BCUT2D eigenvalue weighted by Crippen LogP contribution is 2.48. The Morgan fingerprint density at radius 2 is 1.85 bits per heavy atom. The van der Waals surface area contributed by atoms with Crippen molar-refractivity contribution in [3.05, 3.63) is 29.8 Å². The Bertz CT molecular complexity index is 549. The molecule has 3 rings (SSSR count). The molecule has 106 valence electrons. The maximum atomic E-state index is 12.0. The van der Waals surface area contributed by atoms with Crippen LogP contribution in [0, 0.1) is 0 Å². The Labute approximate surface area is 117 Å². The van der Waals surface area contributed by atoms with E-state index < -0.39 is 11.4 Å². The molecule has 1 saturated heterocycles. The van der Waals surface area contributed by atoms with Crippen molar-refractivity contribution in [3.8, 4) is 0 Å². The van der Waals surface area contributed by atoms with Crippen LogP contribution >= 0.6 is 0 Å². The number of carbonyl (C=O) groups excluding carboxylic acids is 1. The van der Waals surface area contributed by atoms with E-state index in [0.717, 1.165) is 17.8 Å². The molecule has 2 aliphatic rings. The number of nitrogens with zero attached hydrogens (tertiary/aromatic N) is 2. The molecule has 1 aliphatic heterocycles. The molecule has 0 bridgehead atoms. The van der Waals surface area contributed by atoms with Crippen LogP contribution in [0.4, 0.5) is 5.69 Å². The summed E-state index contributed by atoms with van der Waals surface area (Å²) in [6, 6.07) is 7.42. The average Bonchev–Trinajstić information content (AvgIpc) is 3.20. The van der Waals surface area contributed by atoms with Crippen molar-refractivity contribution in [1.29, 1.82) is 0 Å². The third-order valence-corrected chi connectivity index (χ3v) is 4.30. The fourth-order valence-electron chi connectivity index (χ4n) is 2.78. The van der Waals surface area contributed by atoms with Gasteiger partial charge in [-0.15, -0.1) is 0 Å². The number of piperazine rings is 1. The van der Waals surface area contributed by atoms with Gasteiger partial charge in [0.05, 0.1) is 12.0 Å². The normalized spacial score (nSPS) is 21.9. The van der Waals surface area contributed by atoms with Gasteiger partial charge >= 0.3 is 5.97 Å². The van der Waals surface area contributed by atoms with Crippen molar-refractivity contribution in [2.75, 3.05) is 31.6 Å². The number of hydrogen-bond donors (Lipinski definition) is 1. The topological polar surface area (TPSA) is 60.9 Å². The van der Waals surface area contributed by atoms with Gasteiger partial charge in [0.2, 0.25) is 5.91 Å². The molecule has 5 heteroatoms. The molecule has 0 atom stereocenters. The zero-order valence-corrected chi connectivity index (χ0v) is 11.5. The van der Waals surface area contributed by atoms with Gasteiger partial charge in [-0.3, -0.25) is 14.5 Å². The van der Waals surface area contributed by atoms with E-state index in [4.69, 9.17) is 0 Å². The summed E-state index contributed by atoms with van der Waals surface area (Å²) in [6.45, 7) is 1.96. The highest BCUT2D eigenvalue weighted by atomic mass is 16.4. The Balaban J connectivity index is 1.80. The van der Waals surface area contributed by atoms with E-state index in [9.17, 15) is 14.7 Å². The van der Waals surface area contributed by atoms with Gasteiger partial charge in [-0.1, -0.05) is 12.1 Å². The number of carbonyl (C=O) groups is 2. The second-order valence-corrected chi connectivity index (χ2v) is 5.72. The van der Waals surface area contributed by atoms with Crippen molar-refractivity contribution in [1.82, 2.24) is 4.90 Å². The van der Waals surface area contributed by atoms with Crippen LogP contribution in [-0.2, 0) is 15.0 Å². The van der Waals surface area contributed by atoms with Gasteiger partial charge in [0.15, 0.2) is 0 Å². The summed E-state index contributed by atoms with van der Waals surface area (Å²) in [4.78, 5) is 27.1. The zero-order valence-electron chi connectivity index (χ0n) is 11.5. The van der Waals surface area contributed by atoms with Crippen LogP contribution in [0.5, 0.6) is 0 Å². The Hall–Kier alpha value is -1.88. The molecule has 0 unspecified atom stereocenters. The first-order valence-electron chi connectivity index (χ1n) is 6.86. The van der Waals surface area contributed by atoms with Crippen LogP contribution in [0.25, 0.3) is 0 Å². The molecule has 1 N–H and O–H groups in total. The summed E-state index contributed by atoms with van der Waals surface area (Å²) in [6.07, 6.45) is 1.41. The summed E-state index contributed by atoms with van der Waals surface area (Å²) in [5, 5.41) is 9.28. The summed E-state index contributed by atoms with van der Waals surface area (Å²) in [7, 11) is 1.93. The predicted octanol–water partition coefficient (Wildman–Crippen LogP) is 1.08. The van der Waals surface area contributed by atoms with E-state index in [2.05, 4.69) is 0 Å². The second kappa shape index (κ2) is 4.59. The first-order valence-corrected chi connectivity index (χ1v) is 6.86. The molecule has 0 spiro atoms. The smallest absolute Gasteiger partial charge is 0.314 e. The summed E-state index contributed by atoms with van der Waals surface area (Å²) in [5.41, 5.74) is 1.02. The molecule has 0 aromatic heterocycles. The van der Waals surface area contributed by atoms with Crippen molar-refractivity contribution in [2.45, 2.75) is 18.3 Å². The van der Waals surface area contributed by atoms with E-state index in [-0.39, 0.29) is 5.91 Å². The number of amides is 1. The van der Waals surface area contributed by atoms with Gasteiger partial charge in [0.25, 0.3) is 0 Å². The summed E-state index contributed by atoms with van der Waals surface area (Å²) < 4.78 is 0. The highest BCUT2D eigenvalue weighted by Gasteiger charge is 2.51. The first kappa shape index (κ1) is 13.1. The molecule has 1 heterocycles. The van der Waals surface area contributed by atoms with Crippen molar-refractivity contribution < 1.29 is 14.7 Å². The monoisotopic (exact) mass is 274 g/mol. The van der Waals surface area contributed by atoms with E-state index in [1.165, 1.54) is 0 Å². The molecular weight excluding hydrogens is 256 g/mol. The quantitative estimate of drug-likeness (QED) is 0.896. The molecule has 1 amide bonds. The van der Waals surface area contributed by atoms with Crippen LogP contribution in [0.1, 0.15) is 18.4 Å². The summed E-state index contributed by atoms with van der Waals surface area (Å²) >= 11 is 0. The first-order chi connectivity index (χ1) is 9.53. The van der Waals surface area contributed by atoms with E-state index in [1.54, 1.807) is 4.90 Å². The standard InChI is InChI=1S/C15H18N2O3/c1-16-8-9-17(13(18)10-16)12-4-2-11(3-5-12)15(6-7-15)14(19)20/h2-5H,6-10H2,1H3,(H,19,20). The maximum Gasteiger partial charge on any atom is 0.314 e. The van der Waals surface area contributed by atoms with Gasteiger partial charge in [-0.05, 0) is 37.6 Å². The van der Waals surface area contributed by atoms with Gasteiger partial charge in [-0.25, -0.2) is 0 Å². The minimum Gasteiger partial charge on any atom is -0.481 e. The van der Waals surface area contributed by atoms with Crippen LogP contribution in [0.2, 0.25) is 0 Å². The van der Waals surface area contributed by atoms with Crippen LogP contribution < -0.4 is 4.90 Å². The van der Waals surface area contributed by atoms with Crippen LogP contribution in [0.15, 0.2) is 24.3 Å². The number of carboxylic acid groups (broad SMARTS) is 1. The minimum atomic E-state index is -0.749. The van der Waals surface area contributed by atoms with Gasteiger partial charge < -0.3 is 10.0 Å². The van der Waals surface area contributed by atoms with Gasteiger partial charge in [0, 0.05) is 18.8 Å². The fraction of sp³-hybridized carbons (Fsp3) is 0.467. The SMILES string of the molecule is CN1CCN(c2ccc(C3(C(=O)O)CC3)cc2)C(=O)C1. The van der Waals surface area contributed by atoms with Crippen LogP contribution in [0.3, 0.4) is 0 Å². The number of hydrogen-bond acceptors (Lipinski definition) is 3. The molecule has 5 nitrogen and oxygen atoms in total. The molecular formula is C15H18N2O3. The maximum absolute atomic E-state index is 12.0. The predicted molar refractivity (Wildman–Crippen MR) is 74.8 cm³/mol. The largest absolute Gasteiger partial charge is 0.481 e. The Morgan fingerprint density at radius 3 is 2.35 bits per heavy atom. The Kier molecular flexibility index (Phi) is 3.01. The van der Waals surface area contributed by atoms with Crippen molar-refractivity contribution in [3.63, 3.8) is 0 Å². The van der Waals surface area contributed by atoms with Gasteiger partial charge in [0.1, 0.15) is 0 Å². The van der Waals surface area contributed by atoms with E-state index in [0.29, 0.717) is 25.9 Å². The number of rotatable bonds is 3. The third-order valence-electron chi connectivity index (χ3n) is 4.30. The molecule has 20 heavy (non-hydrogen) atoms. The summed E-state index contributed by atoms with van der Waals surface area (Å²) in [5.74, 6) is -0.660. The number of benzene rings is 1. The lowest BCUT2D eigenvalue weighted by Gasteiger charge is -2.32. The van der Waals surface area contributed by atoms with Crippen molar-refractivity contribution in [2.24, 2.45) is 0 Å². The zero-order chi connectivity index (χ0) is 14.3. The van der Waals surface area contributed by atoms with Crippen molar-refractivity contribution >= 4 is 17.6 Å². The lowest BCUT2D eigenvalue weighted by atomic mass is 9.96.